The average molecular weight is 242 g/mol. The van der Waals surface area contributed by atoms with Crippen molar-refractivity contribution in [1.29, 1.82) is 0 Å². The van der Waals surface area contributed by atoms with Gasteiger partial charge in [-0.15, -0.1) is 0 Å². The highest BCUT2D eigenvalue weighted by Crippen LogP contribution is 2.13. The molecule has 1 fully saturated rings. The van der Waals surface area contributed by atoms with Crippen LogP contribution in [0.25, 0.3) is 0 Å². The molecule has 100 valence electrons. The average Bonchev–Trinajstić information content (AvgIpc) is 2.25. The molecular formula is C13H26N2O2. The van der Waals surface area contributed by atoms with Crippen LogP contribution in [0, 0.1) is 5.92 Å². The number of hydrogen-bond donors (Lipinski definition) is 2. The summed E-state index contributed by atoms with van der Waals surface area (Å²) in [5.74, 6) is 0.590. The highest BCUT2D eigenvalue weighted by atomic mass is 16.5. The fourth-order valence-electron chi connectivity index (χ4n) is 2.04. The van der Waals surface area contributed by atoms with E-state index in [1.807, 2.05) is 6.92 Å². The molecule has 17 heavy (non-hydrogen) atoms. The van der Waals surface area contributed by atoms with Crippen LogP contribution in [-0.4, -0.2) is 37.2 Å². The second kappa shape index (κ2) is 6.97. The summed E-state index contributed by atoms with van der Waals surface area (Å²) >= 11 is 0. The van der Waals surface area contributed by atoms with Gasteiger partial charge in [0.15, 0.2) is 0 Å². The van der Waals surface area contributed by atoms with E-state index in [1.54, 1.807) is 0 Å². The van der Waals surface area contributed by atoms with Crippen molar-refractivity contribution in [1.82, 2.24) is 10.6 Å². The molecule has 2 N–H and O–H groups in total. The Kier molecular flexibility index (Phi) is 5.92. The summed E-state index contributed by atoms with van der Waals surface area (Å²) in [5.41, 5.74) is 0. The summed E-state index contributed by atoms with van der Waals surface area (Å²) in [6.45, 7) is 9.73. The molecule has 3 unspecified atom stereocenters. The van der Waals surface area contributed by atoms with Crippen LogP contribution < -0.4 is 10.6 Å². The van der Waals surface area contributed by atoms with Crippen molar-refractivity contribution in [2.75, 3.05) is 13.2 Å². The molecular weight excluding hydrogens is 216 g/mol. The molecule has 1 aliphatic rings. The smallest absolute Gasteiger partial charge is 0.236 e. The Bertz CT molecular complexity index is 244. The lowest BCUT2D eigenvalue weighted by Gasteiger charge is -2.30. The topological polar surface area (TPSA) is 50.4 Å². The normalized spacial score (nSPS) is 26.9. The maximum absolute atomic E-state index is 11.8. The second-order valence-electron chi connectivity index (χ2n) is 5.43. The third-order valence-electron chi connectivity index (χ3n) is 3.05. The summed E-state index contributed by atoms with van der Waals surface area (Å²) in [4.78, 5) is 11.8. The molecule has 4 nitrogen and oxygen atoms in total. The van der Waals surface area contributed by atoms with E-state index in [1.165, 1.54) is 0 Å². The first-order valence-corrected chi connectivity index (χ1v) is 6.64. The Morgan fingerprint density at radius 3 is 2.71 bits per heavy atom. The van der Waals surface area contributed by atoms with Gasteiger partial charge in [0.25, 0.3) is 0 Å². The van der Waals surface area contributed by atoms with Gasteiger partial charge in [0.1, 0.15) is 0 Å². The third-order valence-corrected chi connectivity index (χ3v) is 3.05. The highest BCUT2D eigenvalue weighted by molar-refractivity contribution is 5.81. The SMILES string of the molecule is CC(C)CNC(=O)C(C)NC1CCOC(C)C1. The summed E-state index contributed by atoms with van der Waals surface area (Å²) < 4.78 is 5.49. The van der Waals surface area contributed by atoms with Crippen LogP contribution in [0.1, 0.15) is 40.5 Å². The summed E-state index contributed by atoms with van der Waals surface area (Å²) in [6, 6.07) is 0.280. The number of ether oxygens (including phenoxy) is 1. The molecule has 1 aliphatic heterocycles. The molecule has 0 aromatic heterocycles. The van der Waals surface area contributed by atoms with Gasteiger partial charge in [-0.25, -0.2) is 0 Å². The summed E-state index contributed by atoms with van der Waals surface area (Å²) in [7, 11) is 0. The van der Waals surface area contributed by atoms with E-state index in [0.717, 1.165) is 26.0 Å². The molecule has 3 atom stereocenters. The number of hydrogen-bond acceptors (Lipinski definition) is 3. The monoisotopic (exact) mass is 242 g/mol. The molecule has 0 saturated carbocycles. The van der Waals surface area contributed by atoms with Gasteiger partial charge in [-0.1, -0.05) is 13.8 Å². The van der Waals surface area contributed by atoms with Crippen LogP contribution in [0.3, 0.4) is 0 Å². The predicted molar refractivity (Wildman–Crippen MR) is 68.9 cm³/mol. The van der Waals surface area contributed by atoms with Crippen LogP contribution >= 0.6 is 0 Å². The van der Waals surface area contributed by atoms with E-state index >= 15 is 0 Å². The first-order valence-electron chi connectivity index (χ1n) is 6.64. The molecule has 1 amide bonds. The Labute approximate surface area is 104 Å². The van der Waals surface area contributed by atoms with E-state index in [0.29, 0.717) is 18.1 Å². The number of amides is 1. The molecule has 0 aliphatic carbocycles. The van der Waals surface area contributed by atoms with Gasteiger partial charge in [-0.3, -0.25) is 4.79 Å². The van der Waals surface area contributed by atoms with Crippen molar-refractivity contribution in [2.24, 2.45) is 5.92 Å². The Balaban J connectivity index is 2.27. The standard InChI is InChI=1S/C13H26N2O2/c1-9(2)8-14-13(16)11(4)15-12-5-6-17-10(3)7-12/h9-12,15H,5-8H2,1-4H3,(H,14,16). The first-order chi connectivity index (χ1) is 7.99. The first kappa shape index (κ1) is 14.5. The van der Waals surface area contributed by atoms with E-state index in [2.05, 4.69) is 31.4 Å². The molecule has 0 aromatic rings. The zero-order valence-electron chi connectivity index (χ0n) is 11.5. The molecule has 0 bridgehead atoms. The Morgan fingerprint density at radius 1 is 1.41 bits per heavy atom. The van der Waals surface area contributed by atoms with E-state index < -0.39 is 0 Å². The second-order valence-corrected chi connectivity index (χ2v) is 5.43. The zero-order chi connectivity index (χ0) is 12.8. The number of nitrogens with one attached hydrogen (secondary N) is 2. The maximum atomic E-state index is 11.8. The van der Waals surface area contributed by atoms with Crippen LogP contribution in [0.15, 0.2) is 0 Å². The van der Waals surface area contributed by atoms with Crippen LogP contribution in [-0.2, 0) is 9.53 Å². The van der Waals surface area contributed by atoms with Gasteiger partial charge in [0.05, 0.1) is 12.1 Å². The molecule has 1 rings (SSSR count). The summed E-state index contributed by atoms with van der Waals surface area (Å²) in [6.07, 6.45) is 2.28. The quantitative estimate of drug-likeness (QED) is 0.764. The van der Waals surface area contributed by atoms with Gasteiger partial charge in [0, 0.05) is 19.2 Å². The lowest BCUT2D eigenvalue weighted by molar-refractivity contribution is -0.123. The van der Waals surface area contributed by atoms with E-state index in [9.17, 15) is 4.79 Å². The van der Waals surface area contributed by atoms with Crippen molar-refractivity contribution in [2.45, 2.75) is 58.7 Å². The Morgan fingerprint density at radius 2 is 2.12 bits per heavy atom. The van der Waals surface area contributed by atoms with Gasteiger partial charge >= 0.3 is 0 Å². The number of rotatable bonds is 5. The minimum absolute atomic E-state index is 0.0952. The minimum Gasteiger partial charge on any atom is -0.378 e. The molecule has 4 heteroatoms. The van der Waals surface area contributed by atoms with Crippen LogP contribution in [0.4, 0.5) is 0 Å². The summed E-state index contributed by atoms with van der Waals surface area (Å²) in [5, 5.41) is 6.33. The van der Waals surface area contributed by atoms with Crippen molar-refractivity contribution in [3.8, 4) is 0 Å². The number of carbonyl (C=O) groups excluding carboxylic acids is 1. The van der Waals surface area contributed by atoms with Gasteiger partial charge < -0.3 is 15.4 Å². The van der Waals surface area contributed by atoms with Crippen LogP contribution in [0.2, 0.25) is 0 Å². The lowest BCUT2D eigenvalue weighted by Crippen LogP contribution is -2.49. The zero-order valence-corrected chi connectivity index (χ0v) is 11.5. The van der Waals surface area contributed by atoms with Gasteiger partial charge in [-0.05, 0) is 32.6 Å². The van der Waals surface area contributed by atoms with E-state index in [4.69, 9.17) is 4.74 Å². The van der Waals surface area contributed by atoms with E-state index in [-0.39, 0.29) is 11.9 Å². The molecule has 0 spiro atoms. The molecule has 1 heterocycles. The van der Waals surface area contributed by atoms with Gasteiger partial charge in [0.2, 0.25) is 5.91 Å². The van der Waals surface area contributed by atoms with Crippen molar-refractivity contribution < 1.29 is 9.53 Å². The Hall–Kier alpha value is -0.610. The fraction of sp³-hybridized carbons (Fsp3) is 0.923. The minimum atomic E-state index is -0.121. The van der Waals surface area contributed by atoms with Gasteiger partial charge in [-0.2, -0.15) is 0 Å². The molecule has 1 saturated heterocycles. The maximum Gasteiger partial charge on any atom is 0.236 e. The van der Waals surface area contributed by atoms with Crippen LogP contribution in [0.5, 0.6) is 0 Å². The third kappa shape index (κ3) is 5.50. The van der Waals surface area contributed by atoms with Crippen molar-refractivity contribution in [3.05, 3.63) is 0 Å². The lowest BCUT2D eigenvalue weighted by atomic mass is 10.0. The fourth-order valence-corrected chi connectivity index (χ4v) is 2.04. The van der Waals surface area contributed by atoms with Crippen molar-refractivity contribution >= 4 is 5.91 Å². The largest absolute Gasteiger partial charge is 0.378 e. The highest BCUT2D eigenvalue weighted by Gasteiger charge is 2.22. The van der Waals surface area contributed by atoms with Crippen molar-refractivity contribution in [3.63, 3.8) is 0 Å². The molecule has 0 aromatic carbocycles. The molecule has 0 radical (unpaired) electrons. The number of carbonyl (C=O) groups is 1. The predicted octanol–water partition coefficient (Wildman–Crippen LogP) is 1.30.